The van der Waals surface area contributed by atoms with Crippen LogP contribution in [-0.2, 0) is 6.42 Å². The molecule has 1 aliphatic rings. The normalized spacial score (nSPS) is 16.8. The molecule has 0 saturated carbocycles. The largest absolute Gasteiger partial charge is 0.424 e. The van der Waals surface area contributed by atoms with Crippen molar-refractivity contribution in [1.82, 2.24) is 9.55 Å². The molecule has 3 aromatic rings. The predicted molar refractivity (Wildman–Crippen MR) is 106 cm³/mol. The summed E-state index contributed by atoms with van der Waals surface area (Å²) in [5, 5.41) is 3.54. The Kier molecular flexibility index (Phi) is 4.25. The van der Waals surface area contributed by atoms with Crippen LogP contribution in [-0.4, -0.2) is 15.6 Å². The molecule has 1 aromatic heterocycles. The van der Waals surface area contributed by atoms with Gasteiger partial charge in [0.2, 0.25) is 0 Å². The highest BCUT2D eigenvalue weighted by molar-refractivity contribution is 9.10. The van der Waals surface area contributed by atoms with Gasteiger partial charge in [-0.05, 0) is 66.9 Å². The lowest BCUT2D eigenvalue weighted by atomic mass is 9.98. The minimum atomic E-state index is 0.481. The van der Waals surface area contributed by atoms with Crippen LogP contribution in [0.4, 0.5) is 5.69 Å². The zero-order valence-corrected chi connectivity index (χ0v) is 15.9. The van der Waals surface area contributed by atoms with Gasteiger partial charge in [-0.2, -0.15) is 4.98 Å². The first-order valence-corrected chi connectivity index (χ1v) is 9.32. The van der Waals surface area contributed by atoms with E-state index in [0.717, 1.165) is 39.8 Å². The van der Waals surface area contributed by atoms with Crippen LogP contribution in [0.15, 0.2) is 46.9 Å². The molecule has 0 fully saturated rings. The van der Waals surface area contributed by atoms with E-state index in [9.17, 15) is 0 Å². The molecular formula is C20H20BrN3O. The average molecular weight is 398 g/mol. The van der Waals surface area contributed by atoms with Crippen LogP contribution in [0.1, 0.15) is 25.8 Å². The Labute approximate surface area is 155 Å². The number of hydrogen-bond acceptors (Lipinski definition) is 3. The van der Waals surface area contributed by atoms with Crippen molar-refractivity contribution in [2.24, 2.45) is 0 Å². The summed E-state index contributed by atoms with van der Waals surface area (Å²) in [6.07, 6.45) is 6.04. The minimum absolute atomic E-state index is 0.481. The molecule has 0 radical (unpaired) electrons. The lowest BCUT2D eigenvalue weighted by Gasteiger charge is -2.26. The average Bonchev–Trinajstić information content (AvgIpc) is 2.95. The third kappa shape index (κ3) is 2.93. The molecule has 1 N–H and O–H groups in total. The van der Waals surface area contributed by atoms with Crippen molar-refractivity contribution >= 4 is 38.9 Å². The van der Waals surface area contributed by atoms with Crippen LogP contribution < -0.4 is 10.1 Å². The SMILES string of the molecule is C/C=C/n1c(Oc2c(Br)ccc3c2CC[C@H](C)N3)nc2ccccc21. The van der Waals surface area contributed by atoms with Crippen molar-refractivity contribution in [2.45, 2.75) is 32.7 Å². The number of nitrogens with one attached hydrogen (secondary N) is 1. The number of rotatable bonds is 3. The smallest absolute Gasteiger partial charge is 0.307 e. The molecule has 0 bridgehead atoms. The van der Waals surface area contributed by atoms with Crippen LogP contribution in [0.3, 0.4) is 0 Å². The number of benzene rings is 2. The van der Waals surface area contributed by atoms with Crippen molar-refractivity contribution < 1.29 is 4.74 Å². The van der Waals surface area contributed by atoms with Gasteiger partial charge in [0.1, 0.15) is 0 Å². The van der Waals surface area contributed by atoms with Gasteiger partial charge >= 0.3 is 6.01 Å². The van der Waals surface area contributed by atoms with Gasteiger partial charge in [-0.3, -0.25) is 4.57 Å². The first kappa shape index (κ1) is 16.2. The van der Waals surface area contributed by atoms with Crippen molar-refractivity contribution in [2.75, 3.05) is 5.32 Å². The van der Waals surface area contributed by atoms with E-state index in [-0.39, 0.29) is 0 Å². The molecule has 128 valence electrons. The van der Waals surface area contributed by atoms with E-state index in [2.05, 4.69) is 39.2 Å². The number of anilines is 1. The van der Waals surface area contributed by atoms with Gasteiger partial charge in [0.15, 0.2) is 5.75 Å². The molecule has 2 heterocycles. The number of fused-ring (bicyclic) bond motifs is 2. The third-order valence-electron chi connectivity index (χ3n) is 4.50. The molecule has 1 atom stereocenters. The van der Waals surface area contributed by atoms with E-state index in [4.69, 9.17) is 4.74 Å². The highest BCUT2D eigenvalue weighted by atomic mass is 79.9. The fourth-order valence-electron chi connectivity index (χ4n) is 3.27. The second-order valence-corrected chi connectivity index (χ2v) is 7.18. The number of para-hydroxylation sites is 2. The van der Waals surface area contributed by atoms with Crippen molar-refractivity contribution in [3.63, 3.8) is 0 Å². The number of nitrogens with zero attached hydrogens (tertiary/aromatic N) is 2. The summed E-state index contributed by atoms with van der Waals surface area (Å²) in [7, 11) is 0. The summed E-state index contributed by atoms with van der Waals surface area (Å²) < 4.78 is 9.26. The predicted octanol–water partition coefficient (Wildman–Crippen LogP) is 5.83. The Balaban J connectivity index is 1.82. The minimum Gasteiger partial charge on any atom is -0.424 e. The summed E-state index contributed by atoms with van der Waals surface area (Å²) in [5.41, 5.74) is 4.30. The Bertz CT molecular complexity index is 961. The van der Waals surface area contributed by atoms with Crippen molar-refractivity contribution in [3.8, 4) is 11.8 Å². The standard InChI is InChI=1S/C20H20BrN3O/c1-3-12-24-18-7-5-4-6-17(18)23-20(24)25-19-14-9-8-13(2)22-16(14)11-10-15(19)21/h3-7,10-13,22H,8-9H2,1-2H3/b12-3+/t13-/m0/s1. The maximum Gasteiger partial charge on any atom is 0.307 e. The van der Waals surface area contributed by atoms with Crippen LogP contribution in [0, 0.1) is 0 Å². The molecule has 0 spiro atoms. The third-order valence-corrected chi connectivity index (χ3v) is 5.12. The number of halogens is 1. The number of hydrogen-bond donors (Lipinski definition) is 1. The lowest BCUT2D eigenvalue weighted by Crippen LogP contribution is -2.22. The van der Waals surface area contributed by atoms with Gasteiger partial charge in [-0.1, -0.05) is 18.2 Å². The summed E-state index contributed by atoms with van der Waals surface area (Å²) in [5.74, 6) is 0.845. The molecule has 5 heteroatoms. The molecular weight excluding hydrogens is 378 g/mol. The monoisotopic (exact) mass is 397 g/mol. The molecule has 1 aliphatic heterocycles. The van der Waals surface area contributed by atoms with E-state index in [1.807, 2.05) is 54.1 Å². The maximum atomic E-state index is 6.33. The first-order valence-electron chi connectivity index (χ1n) is 8.53. The molecule has 4 rings (SSSR count). The Morgan fingerprint density at radius 2 is 2.12 bits per heavy atom. The van der Waals surface area contributed by atoms with Crippen LogP contribution in [0.25, 0.3) is 17.2 Å². The summed E-state index contributed by atoms with van der Waals surface area (Å²) in [6.45, 7) is 4.20. The van der Waals surface area contributed by atoms with Crippen molar-refractivity contribution in [3.05, 3.63) is 52.5 Å². The van der Waals surface area contributed by atoms with Gasteiger partial charge in [0.05, 0.1) is 15.5 Å². The molecule has 0 aliphatic carbocycles. The van der Waals surface area contributed by atoms with Crippen molar-refractivity contribution in [1.29, 1.82) is 0 Å². The van der Waals surface area contributed by atoms with Gasteiger partial charge in [-0.25, -0.2) is 0 Å². The summed E-state index contributed by atoms with van der Waals surface area (Å²) >= 11 is 3.65. The first-order chi connectivity index (χ1) is 12.2. The van der Waals surface area contributed by atoms with Crippen LogP contribution in [0.5, 0.6) is 11.8 Å². The van der Waals surface area contributed by atoms with Gasteiger partial charge in [-0.15, -0.1) is 0 Å². The van der Waals surface area contributed by atoms with E-state index < -0.39 is 0 Å². The maximum absolute atomic E-state index is 6.33. The van der Waals surface area contributed by atoms with Gasteiger partial charge in [0.25, 0.3) is 0 Å². The molecule has 0 saturated heterocycles. The molecule has 0 unspecified atom stereocenters. The number of allylic oxidation sites excluding steroid dienone is 1. The van der Waals surface area contributed by atoms with Crippen LogP contribution in [0.2, 0.25) is 0 Å². The zero-order valence-electron chi connectivity index (χ0n) is 14.3. The van der Waals surface area contributed by atoms with E-state index in [0.29, 0.717) is 12.1 Å². The Morgan fingerprint density at radius 1 is 1.28 bits per heavy atom. The molecule has 25 heavy (non-hydrogen) atoms. The number of aromatic nitrogens is 2. The van der Waals surface area contributed by atoms with Crippen LogP contribution >= 0.6 is 15.9 Å². The van der Waals surface area contributed by atoms with Gasteiger partial charge < -0.3 is 10.1 Å². The molecule has 2 aromatic carbocycles. The number of ether oxygens (including phenoxy) is 1. The van der Waals surface area contributed by atoms with E-state index in [1.54, 1.807) is 0 Å². The second kappa shape index (κ2) is 6.56. The van der Waals surface area contributed by atoms with Gasteiger partial charge in [0, 0.05) is 23.5 Å². The second-order valence-electron chi connectivity index (χ2n) is 6.32. The fraction of sp³-hybridized carbons (Fsp3) is 0.250. The molecule has 0 amide bonds. The van der Waals surface area contributed by atoms with E-state index >= 15 is 0 Å². The lowest BCUT2D eigenvalue weighted by molar-refractivity contribution is 0.430. The van der Waals surface area contributed by atoms with E-state index in [1.165, 1.54) is 5.56 Å². The fourth-order valence-corrected chi connectivity index (χ4v) is 3.72. The Hall–Kier alpha value is -2.27. The summed E-state index contributed by atoms with van der Waals surface area (Å²) in [6, 6.07) is 13.2. The number of imidazole rings is 1. The topological polar surface area (TPSA) is 39.1 Å². The highest BCUT2D eigenvalue weighted by Gasteiger charge is 2.22. The highest BCUT2D eigenvalue weighted by Crippen LogP contribution is 2.41. The zero-order chi connectivity index (χ0) is 17.4. The molecule has 4 nitrogen and oxygen atoms in total. The Morgan fingerprint density at radius 3 is 2.96 bits per heavy atom. The summed E-state index contributed by atoms with van der Waals surface area (Å²) in [4.78, 5) is 4.68. The quantitative estimate of drug-likeness (QED) is 0.604.